The molecule has 0 radical (unpaired) electrons. The van der Waals surface area contributed by atoms with E-state index in [0.717, 1.165) is 11.0 Å². The van der Waals surface area contributed by atoms with Crippen LogP contribution in [0.3, 0.4) is 0 Å². The van der Waals surface area contributed by atoms with Crippen molar-refractivity contribution >= 4 is 45.6 Å². The first kappa shape index (κ1) is 18.4. The molecule has 0 aliphatic carbocycles. The third kappa shape index (κ3) is 3.23. The Morgan fingerprint density at radius 1 is 1.10 bits per heavy atom. The minimum Gasteiger partial charge on any atom is -0.296 e. The van der Waals surface area contributed by atoms with E-state index in [1.54, 1.807) is 6.92 Å². The number of anilines is 2. The number of aromatic nitrogens is 2. The lowest BCUT2D eigenvalue weighted by molar-refractivity contribution is -0.384. The first-order valence-corrected chi connectivity index (χ1v) is 9.05. The second-order valence-corrected chi connectivity index (χ2v) is 7.25. The number of benzene rings is 2. The topological polar surface area (TPSA) is 135 Å². The number of carbonyl (C=O) groups excluding carboxylic acids is 3. The predicted molar refractivity (Wildman–Crippen MR) is 103 cm³/mol. The van der Waals surface area contributed by atoms with Gasteiger partial charge in [0.15, 0.2) is 0 Å². The lowest BCUT2D eigenvalue weighted by Gasteiger charge is -2.14. The van der Waals surface area contributed by atoms with Crippen LogP contribution in [0.25, 0.3) is 0 Å². The van der Waals surface area contributed by atoms with Crippen LogP contribution in [0.15, 0.2) is 42.5 Å². The molecule has 0 spiro atoms. The van der Waals surface area contributed by atoms with Gasteiger partial charge >= 0.3 is 0 Å². The highest BCUT2D eigenvalue weighted by molar-refractivity contribution is 7.15. The summed E-state index contributed by atoms with van der Waals surface area (Å²) in [5.74, 6) is -1.78. The number of fused-ring (bicyclic) bond motifs is 1. The average Bonchev–Trinajstić information content (AvgIpc) is 3.22. The molecule has 2 aromatic carbocycles. The second kappa shape index (κ2) is 6.87. The maximum Gasteiger partial charge on any atom is 0.270 e. The van der Waals surface area contributed by atoms with Crippen LogP contribution in [0.2, 0.25) is 0 Å². The normalized spacial score (nSPS) is 12.8. The summed E-state index contributed by atoms with van der Waals surface area (Å²) < 4.78 is 0. The second-order valence-electron chi connectivity index (χ2n) is 6.06. The lowest BCUT2D eigenvalue weighted by atomic mass is 10.1. The van der Waals surface area contributed by atoms with Crippen molar-refractivity contribution in [3.8, 4) is 0 Å². The molecule has 2 heterocycles. The molecule has 0 fully saturated rings. The van der Waals surface area contributed by atoms with Gasteiger partial charge in [-0.15, -0.1) is 10.2 Å². The predicted octanol–water partition coefficient (Wildman–Crippen LogP) is 2.81. The number of imide groups is 1. The molecular weight excluding hydrogens is 398 g/mol. The van der Waals surface area contributed by atoms with Gasteiger partial charge in [0, 0.05) is 17.7 Å². The van der Waals surface area contributed by atoms with Gasteiger partial charge in [0.25, 0.3) is 23.4 Å². The van der Waals surface area contributed by atoms with Gasteiger partial charge < -0.3 is 0 Å². The SMILES string of the molecule is Cc1nnc(NC(=O)c2cccc(N3C(=O)c4ccc([N+](=O)[O-])cc4C3=O)c2)s1. The number of rotatable bonds is 4. The van der Waals surface area contributed by atoms with Crippen molar-refractivity contribution in [3.63, 3.8) is 0 Å². The van der Waals surface area contributed by atoms with E-state index in [-0.39, 0.29) is 28.1 Å². The van der Waals surface area contributed by atoms with Crippen molar-refractivity contribution in [2.45, 2.75) is 6.92 Å². The van der Waals surface area contributed by atoms with Gasteiger partial charge in [0.2, 0.25) is 5.13 Å². The van der Waals surface area contributed by atoms with Crippen molar-refractivity contribution in [2.75, 3.05) is 10.2 Å². The van der Waals surface area contributed by atoms with Gasteiger partial charge in [-0.3, -0.25) is 29.8 Å². The van der Waals surface area contributed by atoms with Crippen LogP contribution in [0, 0.1) is 17.0 Å². The van der Waals surface area contributed by atoms with Crippen molar-refractivity contribution in [1.29, 1.82) is 0 Å². The Morgan fingerprint density at radius 2 is 1.86 bits per heavy atom. The molecule has 10 nitrogen and oxygen atoms in total. The number of nitro benzene ring substituents is 1. The largest absolute Gasteiger partial charge is 0.296 e. The van der Waals surface area contributed by atoms with E-state index in [1.165, 1.54) is 47.7 Å². The summed E-state index contributed by atoms with van der Waals surface area (Å²) in [4.78, 5) is 49.1. The fraction of sp³-hybridized carbons (Fsp3) is 0.0556. The zero-order valence-electron chi connectivity index (χ0n) is 14.8. The van der Waals surface area contributed by atoms with Crippen molar-refractivity contribution in [3.05, 3.63) is 74.3 Å². The summed E-state index contributed by atoms with van der Waals surface area (Å²) in [7, 11) is 0. The molecular formula is C18H11N5O5S. The Hall–Kier alpha value is -3.99. The quantitative estimate of drug-likeness (QED) is 0.397. The molecule has 4 rings (SSSR count). The minimum absolute atomic E-state index is 0.0524. The Bertz CT molecular complexity index is 1200. The summed E-state index contributed by atoms with van der Waals surface area (Å²) in [6, 6.07) is 9.44. The van der Waals surface area contributed by atoms with Gasteiger partial charge in [-0.1, -0.05) is 17.4 Å². The van der Waals surface area contributed by atoms with E-state index in [1.807, 2.05) is 0 Å². The van der Waals surface area contributed by atoms with Crippen molar-refractivity contribution in [1.82, 2.24) is 10.2 Å². The summed E-state index contributed by atoms with van der Waals surface area (Å²) in [5, 5.41) is 22.2. The number of hydrogen-bond donors (Lipinski definition) is 1. The number of amides is 3. The number of non-ortho nitro benzene ring substituents is 1. The van der Waals surface area contributed by atoms with E-state index in [2.05, 4.69) is 15.5 Å². The molecule has 0 saturated carbocycles. The summed E-state index contributed by atoms with van der Waals surface area (Å²) in [6.07, 6.45) is 0. The van der Waals surface area contributed by atoms with E-state index < -0.39 is 22.6 Å². The fourth-order valence-corrected chi connectivity index (χ4v) is 3.47. The Morgan fingerprint density at radius 3 is 2.55 bits per heavy atom. The van der Waals surface area contributed by atoms with Crippen LogP contribution in [0.4, 0.5) is 16.5 Å². The molecule has 1 aliphatic heterocycles. The molecule has 0 saturated heterocycles. The van der Waals surface area contributed by atoms with Gasteiger partial charge in [0.1, 0.15) is 5.01 Å². The summed E-state index contributed by atoms with van der Waals surface area (Å²) in [5.41, 5.74) is 0.119. The standard InChI is InChI=1S/C18H11N5O5S/c1-9-20-21-18(29-9)19-15(24)10-3-2-4-11(7-10)22-16(25)13-6-5-12(23(27)28)8-14(13)17(22)26/h2-8H,1H3,(H,19,21,24). The van der Waals surface area contributed by atoms with E-state index in [4.69, 9.17) is 0 Å². The van der Waals surface area contributed by atoms with E-state index >= 15 is 0 Å². The van der Waals surface area contributed by atoms with Gasteiger partial charge in [-0.25, -0.2) is 4.90 Å². The lowest BCUT2D eigenvalue weighted by Crippen LogP contribution is -2.29. The molecule has 0 unspecified atom stereocenters. The summed E-state index contributed by atoms with van der Waals surface area (Å²) >= 11 is 1.21. The van der Waals surface area contributed by atoms with Gasteiger partial charge in [-0.05, 0) is 31.2 Å². The third-order valence-electron chi connectivity index (χ3n) is 4.19. The zero-order chi connectivity index (χ0) is 20.7. The molecule has 0 atom stereocenters. The van der Waals surface area contributed by atoms with Crippen LogP contribution >= 0.6 is 11.3 Å². The zero-order valence-corrected chi connectivity index (χ0v) is 15.6. The number of aryl methyl sites for hydroxylation is 1. The first-order valence-electron chi connectivity index (χ1n) is 8.24. The van der Waals surface area contributed by atoms with Crippen LogP contribution in [-0.2, 0) is 0 Å². The number of nitrogens with one attached hydrogen (secondary N) is 1. The fourth-order valence-electron chi connectivity index (χ4n) is 2.88. The molecule has 0 bridgehead atoms. The molecule has 1 aromatic heterocycles. The van der Waals surface area contributed by atoms with Gasteiger partial charge in [0.05, 0.1) is 21.7 Å². The maximum atomic E-state index is 12.7. The number of nitro groups is 1. The van der Waals surface area contributed by atoms with Crippen molar-refractivity contribution < 1.29 is 19.3 Å². The molecule has 1 N–H and O–H groups in total. The molecule has 3 amide bonds. The summed E-state index contributed by atoms with van der Waals surface area (Å²) in [6.45, 7) is 1.75. The molecule has 11 heteroatoms. The highest BCUT2D eigenvalue weighted by Crippen LogP contribution is 2.31. The number of nitrogens with zero attached hydrogens (tertiary/aromatic N) is 4. The maximum absolute atomic E-state index is 12.7. The third-order valence-corrected chi connectivity index (χ3v) is 4.95. The molecule has 29 heavy (non-hydrogen) atoms. The molecule has 144 valence electrons. The Balaban J connectivity index is 1.64. The highest BCUT2D eigenvalue weighted by atomic mass is 32.1. The molecule has 3 aromatic rings. The highest BCUT2D eigenvalue weighted by Gasteiger charge is 2.38. The van der Waals surface area contributed by atoms with E-state index in [0.29, 0.717) is 10.1 Å². The van der Waals surface area contributed by atoms with Gasteiger partial charge in [-0.2, -0.15) is 0 Å². The van der Waals surface area contributed by atoms with Crippen LogP contribution < -0.4 is 10.2 Å². The van der Waals surface area contributed by atoms with Crippen LogP contribution in [-0.4, -0.2) is 32.8 Å². The number of hydrogen-bond acceptors (Lipinski definition) is 8. The Kier molecular flexibility index (Phi) is 4.35. The number of carbonyl (C=O) groups is 3. The van der Waals surface area contributed by atoms with Crippen molar-refractivity contribution in [2.24, 2.45) is 0 Å². The average molecular weight is 409 g/mol. The smallest absolute Gasteiger partial charge is 0.270 e. The minimum atomic E-state index is -0.689. The molecule has 1 aliphatic rings. The Labute approximate surface area is 166 Å². The van der Waals surface area contributed by atoms with Crippen LogP contribution in [0.1, 0.15) is 36.1 Å². The monoisotopic (exact) mass is 409 g/mol. The first-order chi connectivity index (χ1) is 13.8. The van der Waals surface area contributed by atoms with Crippen LogP contribution in [0.5, 0.6) is 0 Å². The van der Waals surface area contributed by atoms with E-state index in [9.17, 15) is 24.5 Å².